The monoisotopic (exact) mass is 399 g/mol. The molecule has 1 aromatic heterocycles. The SMILES string of the molecule is O=C(CCc1ccc(C(F)(F)F)cc1)Nc1ccc2nc(NC3CC3)ccc2c1. The van der Waals surface area contributed by atoms with Gasteiger partial charge in [-0.25, -0.2) is 4.98 Å². The summed E-state index contributed by atoms with van der Waals surface area (Å²) in [4.78, 5) is 16.8. The molecule has 1 fully saturated rings. The number of nitrogens with zero attached hydrogens (tertiary/aromatic N) is 1. The summed E-state index contributed by atoms with van der Waals surface area (Å²) in [6.07, 6.45) is -1.44. The van der Waals surface area contributed by atoms with Crippen molar-refractivity contribution in [2.75, 3.05) is 10.6 Å². The summed E-state index contributed by atoms with van der Waals surface area (Å²) in [6, 6.07) is 14.8. The number of anilines is 2. The zero-order valence-corrected chi connectivity index (χ0v) is 15.6. The molecule has 0 aliphatic heterocycles. The molecule has 0 radical (unpaired) electrons. The average Bonchev–Trinajstić information content (AvgIpc) is 3.50. The molecule has 0 unspecified atom stereocenters. The van der Waals surface area contributed by atoms with Gasteiger partial charge in [0.1, 0.15) is 5.82 Å². The summed E-state index contributed by atoms with van der Waals surface area (Å²) in [5, 5.41) is 7.11. The van der Waals surface area contributed by atoms with Crippen LogP contribution in [-0.4, -0.2) is 16.9 Å². The maximum Gasteiger partial charge on any atom is 0.416 e. The molecule has 0 bridgehead atoms. The Morgan fingerprint density at radius 2 is 1.79 bits per heavy atom. The van der Waals surface area contributed by atoms with E-state index in [2.05, 4.69) is 15.6 Å². The minimum Gasteiger partial charge on any atom is -0.367 e. The van der Waals surface area contributed by atoms with Gasteiger partial charge >= 0.3 is 6.18 Å². The molecule has 1 amide bonds. The molecule has 29 heavy (non-hydrogen) atoms. The number of nitrogens with one attached hydrogen (secondary N) is 2. The summed E-state index contributed by atoms with van der Waals surface area (Å²) in [5.41, 5.74) is 1.51. The van der Waals surface area contributed by atoms with Gasteiger partial charge in [-0.05, 0) is 67.3 Å². The molecule has 0 spiro atoms. The second kappa shape index (κ2) is 7.73. The Kier molecular flexibility index (Phi) is 5.13. The molecule has 150 valence electrons. The summed E-state index contributed by atoms with van der Waals surface area (Å²) < 4.78 is 37.8. The maximum absolute atomic E-state index is 12.6. The van der Waals surface area contributed by atoms with Crippen LogP contribution >= 0.6 is 0 Å². The first-order valence-corrected chi connectivity index (χ1v) is 9.50. The van der Waals surface area contributed by atoms with Gasteiger partial charge in [0, 0.05) is 23.5 Å². The van der Waals surface area contributed by atoms with Crippen LogP contribution in [0.15, 0.2) is 54.6 Å². The molecular weight excluding hydrogens is 379 g/mol. The van der Waals surface area contributed by atoms with Crippen LogP contribution in [0.2, 0.25) is 0 Å². The van der Waals surface area contributed by atoms with Crippen LogP contribution in [0.1, 0.15) is 30.4 Å². The van der Waals surface area contributed by atoms with Gasteiger partial charge in [-0.2, -0.15) is 13.2 Å². The highest BCUT2D eigenvalue weighted by molar-refractivity contribution is 5.94. The predicted molar refractivity (Wildman–Crippen MR) is 107 cm³/mol. The van der Waals surface area contributed by atoms with Crippen LogP contribution in [-0.2, 0) is 17.4 Å². The van der Waals surface area contributed by atoms with E-state index in [4.69, 9.17) is 0 Å². The van der Waals surface area contributed by atoms with Crippen molar-refractivity contribution in [2.45, 2.75) is 37.9 Å². The molecular formula is C22H20F3N3O. The van der Waals surface area contributed by atoms with E-state index < -0.39 is 11.7 Å². The van der Waals surface area contributed by atoms with E-state index in [9.17, 15) is 18.0 Å². The first kappa shape index (κ1) is 19.2. The lowest BCUT2D eigenvalue weighted by molar-refractivity contribution is -0.137. The lowest BCUT2D eigenvalue weighted by atomic mass is 10.1. The van der Waals surface area contributed by atoms with Gasteiger partial charge in [0.15, 0.2) is 0 Å². The molecule has 2 N–H and O–H groups in total. The van der Waals surface area contributed by atoms with Crippen molar-refractivity contribution in [3.63, 3.8) is 0 Å². The highest BCUT2D eigenvalue weighted by Gasteiger charge is 2.29. The van der Waals surface area contributed by atoms with Gasteiger partial charge in [0.2, 0.25) is 5.91 Å². The van der Waals surface area contributed by atoms with Crippen LogP contribution in [0.3, 0.4) is 0 Å². The number of alkyl halides is 3. The number of benzene rings is 2. The lowest BCUT2D eigenvalue weighted by Gasteiger charge is -2.09. The van der Waals surface area contributed by atoms with Crippen LogP contribution < -0.4 is 10.6 Å². The third-order valence-corrected chi connectivity index (χ3v) is 4.82. The smallest absolute Gasteiger partial charge is 0.367 e. The molecule has 1 aliphatic rings. The first-order chi connectivity index (χ1) is 13.9. The van der Waals surface area contributed by atoms with Gasteiger partial charge in [-0.3, -0.25) is 4.79 Å². The fraction of sp³-hybridized carbons (Fsp3) is 0.273. The molecule has 7 heteroatoms. The van der Waals surface area contributed by atoms with Crippen molar-refractivity contribution in [1.29, 1.82) is 0 Å². The highest BCUT2D eigenvalue weighted by atomic mass is 19.4. The molecule has 1 aliphatic carbocycles. The first-order valence-electron chi connectivity index (χ1n) is 9.50. The summed E-state index contributed by atoms with van der Waals surface area (Å²) >= 11 is 0. The molecule has 1 saturated carbocycles. The number of halogens is 3. The Morgan fingerprint density at radius 1 is 1.03 bits per heavy atom. The van der Waals surface area contributed by atoms with E-state index >= 15 is 0 Å². The predicted octanol–water partition coefficient (Wildman–Crippen LogP) is 5.40. The Hall–Kier alpha value is -3.09. The number of carbonyl (C=O) groups excluding carboxylic acids is 1. The number of carbonyl (C=O) groups is 1. The zero-order valence-electron chi connectivity index (χ0n) is 15.6. The quantitative estimate of drug-likeness (QED) is 0.584. The van der Waals surface area contributed by atoms with E-state index in [-0.39, 0.29) is 12.3 Å². The number of aryl methyl sites for hydroxylation is 1. The molecule has 0 atom stereocenters. The Labute approximate surface area is 166 Å². The molecule has 3 aromatic rings. The summed E-state index contributed by atoms with van der Waals surface area (Å²) in [5.74, 6) is 0.664. The van der Waals surface area contributed by atoms with Crippen molar-refractivity contribution in [3.05, 3.63) is 65.7 Å². The topological polar surface area (TPSA) is 54.0 Å². The van der Waals surface area contributed by atoms with Gasteiger partial charge in [0.05, 0.1) is 11.1 Å². The minimum atomic E-state index is -4.35. The molecule has 1 heterocycles. The van der Waals surface area contributed by atoms with Gasteiger partial charge < -0.3 is 10.6 Å². The van der Waals surface area contributed by atoms with Crippen LogP contribution in [0.5, 0.6) is 0 Å². The normalized spacial score (nSPS) is 14.0. The summed E-state index contributed by atoms with van der Waals surface area (Å²) in [6.45, 7) is 0. The molecule has 0 saturated heterocycles. The van der Waals surface area contributed by atoms with Crippen molar-refractivity contribution in [1.82, 2.24) is 4.98 Å². The van der Waals surface area contributed by atoms with Crippen LogP contribution in [0.4, 0.5) is 24.7 Å². The van der Waals surface area contributed by atoms with Gasteiger partial charge in [0.25, 0.3) is 0 Å². The van der Waals surface area contributed by atoms with Crippen LogP contribution in [0.25, 0.3) is 10.9 Å². The second-order valence-corrected chi connectivity index (χ2v) is 7.27. The number of amides is 1. The maximum atomic E-state index is 12.6. The lowest BCUT2D eigenvalue weighted by Crippen LogP contribution is -2.12. The number of aromatic nitrogens is 1. The standard InChI is InChI=1S/C22H20F3N3O/c23-22(24,25)16-5-1-14(2-6-16)3-12-21(29)27-18-9-10-19-15(13-18)4-11-20(28-19)26-17-7-8-17/h1-2,4-6,9-11,13,17H,3,7-8,12H2,(H,26,28)(H,27,29). The Bertz CT molecular complexity index is 1030. The summed E-state index contributed by atoms with van der Waals surface area (Å²) in [7, 11) is 0. The zero-order chi connectivity index (χ0) is 20.4. The second-order valence-electron chi connectivity index (χ2n) is 7.27. The number of rotatable bonds is 6. The Morgan fingerprint density at radius 3 is 2.48 bits per heavy atom. The van der Waals surface area contributed by atoms with Crippen molar-refractivity contribution in [2.24, 2.45) is 0 Å². The highest BCUT2D eigenvalue weighted by Crippen LogP contribution is 2.29. The number of hydrogen-bond donors (Lipinski definition) is 2. The molecule has 2 aromatic carbocycles. The third kappa shape index (κ3) is 5.04. The Balaban J connectivity index is 1.34. The third-order valence-electron chi connectivity index (χ3n) is 4.82. The van der Waals surface area contributed by atoms with Crippen LogP contribution in [0, 0.1) is 0 Å². The van der Waals surface area contributed by atoms with Crippen molar-refractivity contribution >= 4 is 28.3 Å². The van der Waals surface area contributed by atoms with Gasteiger partial charge in [-0.1, -0.05) is 12.1 Å². The molecule has 4 nitrogen and oxygen atoms in total. The van der Waals surface area contributed by atoms with Crippen molar-refractivity contribution in [3.8, 4) is 0 Å². The number of fused-ring (bicyclic) bond motifs is 1. The van der Waals surface area contributed by atoms with E-state index in [0.717, 1.165) is 28.9 Å². The van der Waals surface area contributed by atoms with E-state index in [1.807, 2.05) is 24.3 Å². The van der Waals surface area contributed by atoms with E-state index in [0.29, 0.717) is 23.7 Å². The minimum absolute atomic E-state index is 0.186. The average molecular weight is 399 g/mol. The van der Waals surface area contributed by atoms with Gasteiger partial charge in [-0.15, -0.1) is 0 Å². The van der Waals surface area contributed by atoms with E-state index in [1.54, 1.807) is 6.07 Å². The fourth-order valence-corrected chi connectivity index (χ4v) is 3.06. The van der Waals surface area contributed by atoms with Crippen molar-refractivity contribution < 1.29 is 18.0 Å². The van der Waals surface area contributed by atoms with E-state index in [1.165, 1.54) is 25.0 Å². The largest absolute Gasteiger partial charge is 0.416 e. The number of pyridine rings is 1. The fourth-order valence-electron chi connectivity index (χ4n) is 3.06. The molecule has 4 rings (SSSR count). The number of hydrogen-bond acceptors (Lipinski definition) is 3.